The Morgan fingerprint density at radius 2 is 1.83 bits per heavy atom. The van der Waals surface area contributed by atoms with Gasteiger partial charge in [0.1, 0.15) is 0 Å². The van der Waals surface area contributed by atoms with E-state index in [1.54, 1.807) is 4.90 Å². The molecular formula is C17H22N2O5. The Labute approximate surface area is 140 Å². The van der Waals surface area contributed by atoms with Gasteiger partial charge in [-0.3, -0.25) is 14.9 Å². The molecule has 24 heavy (non-hydrogen) atoms. The number of hydrogen-bond acceptors (Lipinski definition) is 5. The summed E-state index contributed by atoms with van der Waals surface area (Å²) >= 11 is 0. The largest absolute Gasteiger partial charge is 0.465 e. The van der Waals surface area contributed by atoms with Crippen molar-refractivity contribution in [3.8, 4) is 0 Å². The fourth-order valence-electron chi connectivity index (χ4n) is 3.20. The summed E-state index contributed by atoms with van der Waals surface area (Å²) in [5.74, 6) is -0.980. The van der Waals surface area contributed by atoms with Gasteiger partial charge in [-0.1, -0.05) is 19.3 Å². The van der Waals surface area contributed by atoms with Gasteiger partial charge in [-0.2, -0.15) is 0 Å². The van der Waals surface area contributed by atoms with E-state index in [0.29, 0.717) is 6.54 Å². The number of methoxy groups -OCH3 is 1. The number of carbonyl (C=O) groups excluding carboxylic acids is 2. The van der Waals surface area contributed by atoms with E-state index in [0.717, 1.165) is 31.7 Å². The lowest BCUT2D eigenvalue weighted by Gasteiger charge is -2.33. The van der Waals surface area contributed by atoms with E-state index in [-0.39, 0.29) is 28.8 Å². The van der Waals surface area contributed by atoms with Crippen molar-refractivity contribution in [3.05, 3.63) is 39.4 Å². The quantitative estimate of drug-likeness (QED) is 0.469. The lowest BCUT2D eigenvalue weighted by atomic mass is 9.93. The number of carbonyl (C=O) groups is 2. The van der Waals surface area contributed by atoms with Crippen molar-refractivity contribution >= 4 is 17.6 Å². The molecule has 7 nitrogen and oxygen atoms in total. The normalized spacial score (nSPS) is 14.9. The highest BCUT2D eigenvalue weighted by atomic mass is 16.6. The molecule has 0 heterocycles. The molecule has 0 spiro atoms. The molecule has 0 aromatic heterocycles. The summed E-state index contributed by atoms with van der Waals surface area (Å²) in [7, 11) is 1.20. The first-order valence-electron chi connectivity index (χ1n) is 8.16. The summed E-state index contributed by atoms with van der Waals surface area (Å²) in [6.07, 6.45) is 5.22. The Balaban J connectivity index is 2.37. The second kappa shape index (κ2) is 7.90. The molecule has 0 atom stereocenters. The summed E-state index contributed by atoms with van der Waals surface area (Å²) in [5.41, 5.74) is -0.132. The Hall–Kier alpha value is -2.44. The topological polar surface area (TPSA) is 89.8 Å². The number of amides is 1. The molecule has 0 N–H and O–H groups in total. The van der Waals surface area contributed by atoms with Gasteiger partial charge < -0.3 is 9.64 Å². The van der Waals surface area contributed by atoms with Crippen LogP contribution in [0.15, 0.2) is 18.2 Å². The number of nitro benzene ring substituents is 1. The minimum atomic E-state index is -0.700. The van der Waals surface area contributed by atoms with E-state index in [1.165, 1.54) is 25.7 Å². The number of ether oxygens (including phenoxy) is 1. The first-order valence-corrected chi connectivity index (χ1v) is 8.16. The Morgan fingerprint density at radius 1 is 1.21 bits per heavy atom. The van der Waals surface area contributed by atoms with Gasteiger partial charge >= 0.3 is 5.97 Å². The first kappa shape index (κ1) is 17.9. The van der Waals surface area contributed by atoms with Crippen molar-refractivity contribution in [2.24, 2.45) is 0 Å². The zero-order chi connectivity index (χ0) is 17.7. The molecule has 1 aliphatic rings. The van der Waals surface area contributed by atoms with E-state index < -0.39 is 10.9 Å². The van der Waals surface area contributed by atoms with Crippen LogP contribution < -0.4 is 0 Å². The van der Waals surface area contributed by atoms with Gasteiger partial charge in [-0.25, -0.2) is 4.79 Å². The molecular weight excluding hydrogens is 312 g/mol. The van der Waals surface area contributed by atoms with Crippen molar-refractivity contribution < 1.29 is 19.2 Å². The van der Waals surface area contributed by atoms with Crippen LogP contribution >= 0.6 is 0 Å². The van der Waals surface area contributed by atoms with E-state index in [9.17, 15) is 19.7 Å². The minimum absolute atomic E-state index is 0.00903. The number of hydrogen-bond donors (Lipinski definition) is 0. The van der Waals surface area contributed by atoms with Gasteiger partial charge in [0.05, 0.1) is 17.6 Å². The molecule has 1 aliphatic carbocycles. The molecule has 7 heteroatoms. The highest BCUT2D eigenvalue weighted by molar-refractivity contribution is 5.99. The molecule has 0 bridgehead atoms. The number of non-ortho nitro benzene ring substituents is 1. The van der Waals surface area contributed by atoms with Gasteiger partial charge in [0.15, 0.2) is 0 Å². The maximum atomic E-state index is 12.9. The lowest BCUT2D eigenvalue weighted by molar-refractivity contribution is -0.384. The fourth-order valence-corrected chi connectivity index (χ4v) is 3.20. The molecule has 0 saturated heterocycles. The van der Waals surface area contributed by atoms with Crippen LogP contribution in [0.1, 0.15) is 59.7 Å². The van der Waals surface area contributed by atoms with Crippen LogP contribution in [0.4, 0.5) is 5.69 Å². The first-order chi connectivity index (χ1) is 11.5. The molecule has 130 valence electrons. The molecule has 1 aromatic rings. The minimum Gasteiger partial charge on any atom is -0.465 e. The van der Waals surface area contributed by atoms with Crippen LogP contribution in [0.5, 0.6) is 0 Å². The average molecular weight is 334 g/mol. The summed E-state index contributed by atoms with van der Waals surface area (Å²) in [6, 6.07) is 3.86. The third kappa shape index (κ3) is 3.90. The summed E-state index contributed by atoms with van der Waals surface area (Å²) in [4.78, 5) is 36.8. The van der Waals surface area contributed by atoms with Crippen molar-refractivity contribution in [2.75, 3.05) is 13.7 Å². The van der Waals surface area contributed by atoms with E-state index in [2.05, 4.69) is 4.74 Å². The van der Waals surface area contributed by atoms with Crippen molar-refractivity contribution in [2.45, 2.75) is 45.1 Å². The maximum Gasteiger partial charge on any atom is 0.338 e. The third-order valence-electron chi connectivity index (χ3n) is 4.41. The predicted octanol–water partition coefficient (Wildman–Crippen LogP) is 3.18. The highest BCUT2D eigenvalue weighted by Crippen LogP contribution is 2.25. The monoisotopic (exact) mass is 334 g/mol. The zero-order valence-electron chi connectivity index (χ0n) is 14.0. The number of esters is 1. The third-order valence-corrected chi connectivity index (χ3v) is 4.41. The molecule has 1 fully saturated rings. The Bertz CT molecular complexity index is 638. The second-order valence-electron chi connectivity index (χ2n) is 5.90. The van der Waals surface area contributed by atoms with Crippen LogP contribution in [0.2, 0.25) is 0 Å². The van der Waals surface area contributed by atoms with E-state index in [1.807, 2.05) is 6.92 Å². The van der Waals surface area contributed by atoms with Crippen LogP contribution in [-0.4, -0.2) is 41.4 Å². The smallest absolute Gasteiger partial charge is 0.338 e. The molecule has 0 unspecified atom stereocenters. The van der Waals surface area contributed by atoms with Gasteiger partial charge in [0, 0.05) is 30.3 Å². The Morgan fingerprint density at radius 3 is 2.38 bits per heavy atom. The van der Waals surface area contributed by atoms with Gasteiger partial charge in [0.2, 0.25) is 0 Å². The summed E-state index contributed by atoms with van der Waals surface area (Å²) in [5, 5.41) is 11.1. The van der Waals surface area contributed by atoms with E-state index in [4.69, 9.17) is 0 Å². The fraction of sp³-hybridized carbons (Fsp3) is 0.529. The summed E-state index contributed by atoms with van der Waals surface area (Å²) in [6.45, 7) is 2.42. The number of nitrogens with zero attached hydrogens (tertiary/aromatic N) is 2. The highest BCUT2D eigenvalue weighted by Gasteiger charge is 2.27. The average Bonchev–Trinajstić information content (AvgIpc) is 2.62. The summed E-state index contributed by atoms with van der Waals surface area (Å²) < 4.78 is 4.62. The Kier molecular flexibility index (Phi) is 5.89. The second-order valence-corrected chi connectivity index (χ2v) is 5.90. The predicted molar refractivity (Wildman–Crippen MR) is 88.0 cm³/mol. The molecule has 2 rings (SSSR count). The molecule has 1 aromatic carbocycles. The van der Waals surface area contributed by atoms with Gasteiger partial charge in [-0.05, 0) is 25.8 Å². The van der Waals surface area contributed by atoms with Crippen LogP contribution in [0.25, 0.3) is 0 Å². The van der Waals surface area contributed by atoms with Crippen molar-refractivity contribution in [3.63, 3.8) is 0 Å². The molecule has 0 aliphatic heterocycles. The lowest BCUT2D eigenvalue weighted by Crippen LogP contribution is -2.41. The van der Waals surface area contributed by atoms with Gasteiger partial charge in [-0.15, -0.1) is 0 Å². The SMILES string of the molecule is CCN(C(=O)c1cc(C(=O)OC)cc([N+](=O)[O-])c1)C1CCCCC1. The number of nitro groups is 1. The van der Waals surface area contributed by atoms with Crippen molar-refractivity contribution in [1.82, 2.24) is 4.90 Å². The standard InChI is InChI=1S/C17H22N2O5/c1-3-18(14-7-5-4-6-8-14)16(20)12-9-13(17(21)24-2)11-15(10-12)19(22)23/h9-11,14H,3-8H2,1-2H3. The van der Waals surface area contributed by atoms with E-state index >= 15 is 0 Å². The number of rotatable bonds is 5. The maximum absolute atomic E-state index is 12.9. The van der Waals surface area contributed by atoms with Gasteiger partial charge in [0.25, 0.3) is 11.6 Å². The molecule has 1 saturated carbocycles. The van der Waals surface area contributed by atoms with Crippen molar-refractivity contribution in [1.29, 1.82) is 0 Å². The van der Waals surface area contributed by atoms with Crippen LogP contribution in [-0.2, 0) is 4.74 Å². The molecule has 0 radical (unpaired) electrons. The van der Waals surface area contributed by atoms with Crippen LogP contribution in [0.3, 0.4) is 0 Å². The number of benzene rings is 1. The molecule has 1 amide bonds. The van der Waals surface area contributed by atoms with Crippen LogP contribution in [0, 0.1) is 10.1 Å². The zero-order valence-corrected chi connectivity index (χ0v) is 14.0.